The topological polar surface area (TPSA) is 107 Å². The zero-order chi connectivity index (χ0) is 13.0. The third-order valence-corrected chi connectivity index (χ3v) is 1.89. The SMILES string of the molecule is CCOC(=O)c1c(C)nc(NC(C)=O)nc1N. The fourth-order valence-corrected chi connectivity index (χ4v) is 1.26. The minimum Gasteiger partial charge on any atom is -0.462 e. The molecule has 0 radical (unpaired) electrons. The minimum atomic E-state index is -0.572. The maximum atomic E-state index is 11.6. The fourth-order valence-electron chi connectivity index (χ4n) is 1.26. The van der Waals surface area contributed by atoms with Gasteiger partial charge in [0.1, 0.15) is 11.4 Å². The monoisotopic (exact) mass is 238 g/mol. The molecule has 0 aliphatic carbocycles. The van der Waals surface area contributed by atoms with Crippen molar-refractivity contribution >= 4 is 23.6 Å². The molecule has 1 aromatic rings. The molecule has 92 valence electrons. The number of hydrogen-bond donors (Lipinski definition) is 2. The van der Waals surface area contributed by atoms with Crippen molar-refractivity contribution in [1.29, 1.82) is 0 Å². The molecule has 0 unspecified atom stereocenters. The van der Waals surface area contributed by atoms with E-state index in [1.165, 1.54) is 6.92 Å². The molecule has 1 aromatic heterocycles. The van der Waals surface area contributed by atoms with Gasteiger partial charge in [-0.05, 0) is 13.8 Å². The van der Waals surface area contributed by atoms with Crippen LogP contribution in [0.3, 0.4) is 0 Å². The van der Waals surface area contributed by atoms with Gasteiger partial charge in [-0.2, -0.15) is 4.98 Å². The Balaban J connectivity index is 3.10. The van der Waals surface area contributed by atoms with E-state index in [-0.39, 0.29) is 29.8 Å². The molecule has 7 heteroatoms. The van der Waals surface area contributed by atoms with Gasteiger partial charge < -0.3 is 10.5 Å². The number of amides is 1. The van der Waals surface area contributed by atoms with Crippen LogP contribution in [0.5, 0.6) is 0 Å². The molecule has 17 heavy (non-hydrogen) atoms. The Morgan fingerprint density at radius 3 is 2.53 bits per heavy atom. The molecule has 0 saturated carbocycles. The summed E-state index contributed by atoms with van der Waals surface area (Å²) in [7, 11) is 0. The Labute approximate surface area is 98.4 Å². The highest BCUT2D eigenvalue weighted by molar-refractivity contribution is 5.96. The van der Waals surface area contributed by atoms with E-state index in [4.69, 9.17) is 10.5 Å². The second kappa shape index (κ2) is 5.24. The van der Waals surface area contributed by atoms with Crippen molar-refractivity contribution in [2.24, 2.45) is 0 Å². The Bertz CT molecular complexity index is 436. The summed E-state index contributed by atoms with van der Waals surface area (Å²) >= 11 is 0. The van der Waals surface area contributed by atoms with Gasteiger partial charge in [0.2, 0.25) is 11.9 Å². The van der Waals surface area contributed by atoms with Gasteiger partial charge in [0.25, 0.3) is 0 Å². The molecule has 0 atom stereocenters. The number of anilines is 2. The van der Waals surface area contributed by atoms with Crippen LogP contribution >= 0.6 is 0 Å². The first-order valence-electron chi connectivity index (χ1n) is 5.04. The van der Waals surface area contributed by atoms with Crippen molar-refractivity contribution in [2.75, 3.05) is 17.7 Å². The van der Waals surface area contributed by atoms with Gasteiger partial charge in [-0.3, -0.25) is 10.1 Å². The number of nitrogens with one attached hydrogen (secondary N) is 1. The zero-order valence-corrected chi connectivity index (χ0v) is 9.90. The molecule has 1 rings (SSSR count). The second-order valence-electron chi connectivity index (χ2n) is 3.29. The van der Waals surface area contributed by atoms with Crippen molar-refractivity contribution in [3.05, 3.63) is 11.3 Å². The zero-order valence-electron chi connectivity index (χ0n) is 9.90. The Morgan fingerprint density at radius 2 is 2.06 bits per heavy atom. The van der Waals surface area contributed by atoms with Crippen molar-refractivity contribution < 1.29 is 14.3 Å². The normalized spacial score (nSPS) is 9.82. The van der Waals surface area contributed by atoms with Crippen LogP contribution in [0.2, 0.25) is 0 Å². The smallest absolute Gasteiger partial charge is 0.343 e. The molecule has 3 N–H and O–H groups in total. The Hall–Kier alpha value is -2.18. The lowest BCUT2D eigenvalue weighted by atomic mass is 10.2. The van der Waals surface area contributed by atoms with E-state index in [1.54, 1.807) is 13.8 Å². The molecule has 0 spiro atoms. The number of rotatable bonds is 3. The molecule has 7 nitrogen and oxygen atoms in total. The molecular weight excluding hydrogens is 224 g/mol. The number of nitrogen functional groups attached to an aromatic ring is 1. The van der Waals surface area contributed by atoms with Gasteiger partial charge >= 0.3 is 5.97 Å². The van der Waals surface area contributed by atoms with Gasteiger partial charge in [0.15, 0.2) is 0 Å². The number of ether oxygens (including phenoxy) is 1. The highest BCUT2D eigenvalue weighted by Crippen LogP contribution is 2.16. The van der Waals surface area contributed by atoms with Crippen LogP contribution in [-0.2, 0) is 9.53 Å². The highest BCUT2D eigenvalue weighted by atomic mass is 16.5. The van der Waals surface area contributed by atoms with Crippen molar-refractivity contribution in [1.82, 2.24) is 9.97 Å². The van der Waals surface area contributed by atoms with E-state index in [1.807, 2.05) is 0 Å². The first kappa shape index (κ1) is 12.9. The summed E-state index contributed by atoms with van der Waals surface area (Å²) in [4.78, 5) is 30.1. The van der Waals surface area contributed by atoms with Crippen molar-refractivity contribution in [3.8, 4) is 0 Å². The number of carbonyl (C=O) groups excluding carboxylic acids is 2. The average Bonchev–Trinajstić information content (AvgIpc) is 2.15. The number of esters is 1. The van der Waals surface area contributed by atoms with E-state index in [0.717, 1.165) is 0 Å². The fraction of sp³-hybridized carbons (Fsp3) is 0.400. The molecule has 0 fully saturated rings. The van der Waals surface area contributed by atoms with Crippen molar-refractivity contribution in [2.45, 2.75) is 20.8 Å². The molecule has 0 bridgehead atoms. The first-order valence-corrected chi connectivity index (χ1v) is 5.04. The van der Waals surface area contributed by atoms with Crippen LogP contribution < -0.4 is 11.1 Å². The van der Waals surface area contributed by atoms with E-state index in [9.17, 15) is 9.59 Å². The van der Waals surface area contributed by atoms with E-state index in [2.05, 4.69) is 15.3 Å². The summed E-state index contributed by atoms with van der Waals surface area (Å²) in [5.74, 6) is -0.829. The van der Waals surface area contributed by atoms with Crippen LogP contribution in [0.15, 0.2) is 0 Å². The number of aryl methyl sites for hydroxylation is 1. The highest BCUT2D eigenvalue weighted by Gasteiger charge is 2.18. The summed E-state index contributed by atoms with van der Waals surface area (Å²) in [6.07, 6.45) is 0. The molecule has 0 aromatic carbocycles. The van der Waals surface area contributed by atoms with Gasteiger partial charge in [0, 0.05) is 6.92 Å². The minimum absolute atomic E-state index is 0.0142. The molecule has 1 heterocycles. The van der Waals surface area contributed by atoms with E-state index >= 15 is 0 Å². The average molecular weight is 238 g/mol. The van der Waals surface area contributed by atoms with E-state index < -0.39 is 5.97 Å². The number of nitrogens with zero attached hydrogens (tertiary/aromatic N) is 2. The number of carbonyl (C=O) groups is 2. The lowest BCUT2D eigenvalue weighted by Crippen LogP contribution is -2.16. The van der Waals surface area contributed by atoms with E-state index in [0.29, 0.717) is 5.69 Å². The summed E-state index contributed by atoms with van der Waals surface area (Å²) in [6, 6.07) is 0. The standard InChI is InChI=1S/C10H14N4O3/c1-4-17-9(16)7-5(2)12-10(13-6(3)15)14-8(7)11/h4H2,1-3H3,(H3,11,12,13,14,15). The third kappa shape index (κ3) is 3.13. The quantitative estimate of drug-likeness (QED) is 0.742. The molecule has 0 saturated heterocycles. The lowest BCUT2D eigenvalue weighted by Gasteiger charge is -2.09. The maximum absolute atomic E-state index is 11.6. The first-order chi connectivity index (χ1) is 7.95. The molecule has 0 aliphatic heterocycles. The number of nitrogens with two attached hydrogens (primary N) is 1. The summed E-state index contributed by atoms with van der Waals surface area (Å²) < 4.78 is 4.82. The van der Waals surface area contributed by atoms with Crippen molar-refractivity contribution in [3.63, 3.8) is 0 Å². The Morgan fingerprint density at radius 1 is 1.41 bits per heavy atom. The molecule has 0 aliphatic rings. The van der Waals surface area contributed by atoms with Gasteiger partial charge in [-0.25, -0.2) is 9.78 Å². The lowest BCUT2D eigenvalue weighted by molar-refractivity contribution is -0.114. The van der Waals surface area contributed by atoms with Crippen LogP contribution in [0.4, 0.5) is 11.8 Å². The second-order valence-corrected chi connectivity index (χ2v) is 3.29. The van der Waals surface area contributed by atoms with Crippen LogP contribution in [-0.4, -0.2) is 28.5 Å². The van der Waals surface area contributed by atoms with Gasteiger partial charge in [-0.1, -0.05) is 0 Å². The predicted molar refractivity (Wildman–Crippen MR) is 61.4 cm³/mol. The van der Waals surface area contributed by atoms with Crippen LogP contribution in [0, 0.1) is 6.92 Å². The Kier molecular flexibility index (Phi) is 3.97. The van der Waals surface area contributed by atoms with Gasteiger partial charge in [0.05, 0.1) is 12.3 Å². The largest absolute Gasteiger partial charge is 0.462 e. The maximum Gasteiger partial charge on any atom is 0.343 e. The summed E-state index contributed by atoms with van der Waals surface area (Å²) in [5, 5.41) is 2.39. The summed E-state index contributed by atoms with van der Waals surface area (Å²) in [6.45, 7) is 4.85. The molecular formula is C10H14N4O3. The molecule has 1 amide bonds. The number of hydrogen-bond acceptors (Lipinski definition) is 6. The van der Waals surface area contributed by atoms with Crippen LogP contribution in [0.25, 0.3) is 0 Å². The van der Waals surface area contributed by atoms with Crippen LogP contribution in [0.1, 0.15) is 29.9 Å². The van der Waals surface area contributed by atoms with Gasteiger partial charge in [-0.15, -0.1) is 0 Å². The third-order valence-electron chi connectivity index (χ3n) is 1.89. The number of aromatic nitrogens is 2. The predicted octanol–water partition coefficient (Wildman–Crippen LogP) is 0.502. The summed E-state index contributed by atoms with van der Waals surface area (Å²) in [5.41, 5.74) is 6.11.